The molecule has 0 aliphatic heterocycles. The molecule has 0 aliphatic rings. The Balaban J connectivity index is 1.93. The Labute approximate surface area is 106 Å². The van der Waals surface area contributed by atoms with Crippen LogP contribution < -0.4 is 4.46 Å². The first-order valence-electron chi connectivity index (χ1n) is 5.37. The van der Waals surface area contributed by atoms with Gasteiger partial charge in [0.15, 0.2) is 0 Å². The van der Waals surface area contributed by atoms with Gasteiger partial charge in [-0.25, -0.2) is 0 Å². The fourth-order valence-electron chi connectivity index (χ4n) is 1.47. The second-order valence-electron chi connectivity index (χ2n) is 3.69. The standard InChI is InChI=1S/C14H13FOSe/c15-12-8-6-11(7-9-12)14(16)10-17-13-4-2-1-3-5-13/h1-9,14,16H,10H2/t14-/m0/s1. The topological polar surface area (TPSA) is 20.2 Å². The summed E-state index contributed by atoms with van der Waals surface area (Å²) < 4.78 is 14.0. The minimum atomic E-state index is -0.504. The number of benzene rings is 2. The van der Waals surface area contributed by atoms with Gasteiger partial charge in [-0.1, -0.05) is 0 Å². The van der Waals surface area contributed by atoms with Crippen LogP contribution in [0, 0.1) is 5.82 Å². The zero-order chi connectivity index (χ0) is 12.1. The van der Waals surface area contributed by atoms with Crippen LogP contribution in [0.1, 0.15) is 11.7 Å². The van der Waals surface area contributed by atoms with E-state index in [1.54, 1.807) is 12.1 Å². The van der Waals surface area contributed by atoms with E-state index < -0.39 is 6.10 Å². The Hall–Kier alpha value is -1.15. The molecule has 2 aromatic carbocycles. The molecule has 88 valence electrons. The normalized spacial score (nSPS) is 12.4. The minimum absolute atomic E-state index is 0.245. The van der Waals surface area contributed by atoms with E-state index in [9.17, 15) is 9.50 Å². The Morgan fingerprint density at radius 1 is 1.00 bits per heavy atom. The number of hydrogen-bond acceptors (Lipinski definition) is 1. The summed E-state index contributed by atoms with van der Waals surface area (Å²) in [6.07, 6.45) is -0.504. The van der Waals surface area contributed by atoms with Crippen molar-refractivity contribution in [2.45, 2.75) is 11.4 Å². The van der Waals surface area contributed by atoms with Gasteiger partial charge in [0, 0.05) is 0 Å². The Kier molecular flexibility index (Phi) is 4.32. The van der Waals surface area contributed by atoms with Crippen molar-refractivity contribution < 1.29 is 9.50 Å². The van der Waals surface area contributed by atoms with Gasteiger partial charge in [0.25, 0.3) is 0 Å². The Morgan fingerprint density at radius 3 is 2.29 bits per heavy atom. The molecule has 1 nitrogen and oxygen atoms in total. The Bertz CT molecular complexity index is 455. The van der Waals surface area contributed by atoms with Crippen LogP contribution in [-0.4, -0.2) is 20.1 Å². The van der Waals surface area contributed by atoms with Gasteiger partial charge < -0.3 is 0 Å². The van der Waals surface area contributed by atoms with Crippen molar-refractivity contribution in [1.82, 2.24) is 0 Å². The van der Waals surface area contributed by atoms with E-state index in [2.05, 4.69) is 12.1 Å². The molecule has 0 radical (unpaired) electrons. The molecule has 0 spiro atoms. The molecule has 3 heteroatoms. The van der Waals surface area contributed by atoms with Crippen molar-refractivity contribution in [3.05, 3.63) is 66.0 Å². The average molecular weight is 295 g/mol. The van der Waals surface area contributed by atoms with Crippen LogP contribution in [0.15, 0.2) is 54.6 Å². The molecule has 0 amide bonds. The fourth-order valence-corrected chi connectivity index (χ4v) is 3.35. The van der Waals surface area contributed by atoms with E-state index in [1.807, 2.05) is 18.2 Å². The summed E-state index contributed by atoms with van der Waals surface area (Å²) in [6.45, 7) is 0. The van der Waals surface area contributed by atoms with E-state index in [0.29, 0.717) is 5.32 Å². The predicted molar refractivity (Wildman–Crippen MR) is 68.0 cm³/mol. The third-order valence-corrected chi connectivity index (χ3v) is 4.69. The Morgan fingerprint density at radius 2 is 1.65 bits per heavy atom. The van der Waals surface area contributed by atoms with Crippen LogP contribution in [0.2, 0.25) is 5.32 Å². The fraction of sp³-hybridized carbons (Fsp3) is 0.143. The third-order valence-electron chi connectivity index (χ3n) is 2.41. The molecule has 1 atom stereocenters. The van der Waals surface area contributed by atoms with Crippen LogP contribution >= 0.6 is 0 Å². The monoisotopic (exact) mass is 296 g/mol. The van der Waals surface area contributed by atoms with Crippen LogP contribution in [0.3, 0.4) is 0 Å². The molecule has 0 aromatic heterocycles. The molecule has 0 fully saturated rings. The summed E-state index contributed by atoms with van der Waals surface area (Å²) >= 11 is 0.245. The van der Waals surface area contributed by atoms with Crippen molar-refractivity contribution in [3.8, 4) is 0 Å². The van der Waals surface area contributed by atoms with E-state index in [0.717, 1.165) is 5.56 Å². The quantitative estimate of drug-likeness (QED) is 0.858. The first-order valence-corrected chi connectivity index (χ1v) is 7.44. The number of rotatable bonds is 4. The first kappa shape index (κ1) is 12.3. The molecule has 0 heterocycles. The van der Waals surface area contributed by atoms with Crippen molar-refractivity contribution in [2.75, 3.05) is 0 Å². The van der Waals surface area contributed by atoms with Crippen LogP contribution in [-0.2, 0) is 0 Å². The van der Waals surface area contributed by atoms with Gasteiger partial charge in [-0.3, -0.25) is 0 Å². The van der Waals surface area contributed by atoms with Gasteiger partial charge in [0.2, 0.25) is 0 Å². The molecule has 2 aromatic rings. The maximum atomic E-state index is 12.7. The third kappa shape index (κ3) is 3.67. The van der Waals surface area contributed by atoms with Crippen molar-refractivity contribution in [2.24, 2.45) is 0 Å². The van der Waals surface area contributed by atoms with Crippen LogP contribution in [0.4, 0.5) is 4.39 Å². The zero-order valence-corrected chi connectivity index (χ0v) is 10.9. The molecule has 0 saturated carbocycles. The molecule has 17 heavy (non-hydrogen) atoms. The molecule has 0 bridgehead atoms. The summed E-state index contributed by atoms with van der Waals surface area (Å²) in [5.41, 5.74) is 0.782. The van der Waals surface area contributed by atoms with Gasteiger partial charge in [0.1, 0.15) is 0 Å². The number of aliphatic hydroxyl groups excluding tert-OH is 1. The first-order chi connectivity index (χ1) is 8.25. The summed E-state index contributed by atoms with van der Waals surface area (Å²) in [6, 6.07) is 16.2. The number of hydrogen-bond donors (Lipinski definition) is 1. The van der Waals surface area contributed by atoms with E-state index in [4.69, 9.17) is 0 Å². The molecule has 0 unspecified atom stereocenters. The van der Waals surface area contributed by atoms with Gasteiger partial charge in [0.05, 0.1) is 0 Å². The van der Waals surface area contributed by atoms with E-state index in [-0.39, 0.29) is 20.8 Å². The van der Waals surface area contributed by atoms with Crippen molar-refractivity contribution in [3.63, 3.8) is 0 Å². The number of halogens is 1. The predicted octanol–water partition coefficient (Wildman–Crippen LogP) is 2.31. The average Bonchev–Trinajstić information content (AvgIpc) is 2.38. The summed E-state index contributed by atoms with van der Waals surface area (Å²) in [5.74, 6) is -0.269. The second-order valence-corrected chi connectivity index (χ2v) is 5.99. The molecular formula is C14H13FOSe. The molecule has 2 rings (SSSR count). The zero-order valence-electron chi connectivity index (χ0n) is 9.21. The molecule has 1 N–H and O–H groups in total. The van der Waals surface area contributed by atoms with E-state index in [1.165, 1.54) is 16.6 Å². The van der Waals surface area contributed by atoms with E-state index >= 15 is 0 Å². The van der Waals surface area contributed by atoms with Crippen LogP contribution in [0.25, 0.3) is 0 Å². The molecular weight excluding hydrogens is 282 g/mol. The van der Waals surface area contributed by atoms with Gasteiger partial charge in [-0.05, 0) is 0 Å². The summed E-state index contributed by atoms with van der Waals surface area (Å²) in [5, 5.41) is 10.7. The van der Waals surface area contributed by atoms with Gasteiger partial charge >= 0.3 is 106 Å². The van der Waals surface area contributed by atoms with Crippen molar-refractivity contribution in [1.29, 1.82) is 0 Å². The van der Waals surface area contributed by atoms with Gasteiger partial charge in [-0.2, -0.15) is 0 Å². The number of aliphatic hydroxyl groups is 1. The summed E-state index contributed by atoms with van der Waals surface area (Å²) in [7, 11) is 0. The maximum absolute atomic E-state index is 12.7. The van der Waals surface area contributed by atoms with Crippen LogP contribution in [0.5, 0.6) is 0 Å². The van der Waals surface area contributed by atoms with Crippen molar-refractivity contribution >= 4 is 19.4 Å². The summed E-state index contributed by atoms with van der Waals surface area (Å²) in [4.78, 5) is 0. The SMILES string of the molecule is O[C@@H](C[Se]c1ccccc1)c1ccc(F)cc1. The van der Waals surface area contributed by atoms with Gasteiger partial charge in [-0.15, -0.1) is 0 Å². The second kappa shape index (κ2) is 5.97. The molecule has 0 aliphatic carbocycles. The molecule has 0 saturated heterocycles.